The molecule has 0 aliphatic heterocycles. The molecule has 0 spiro atoms. The quantitative estimate of drug-likeness (QED) is 0.756. The number of carbonyl (C=O) groups excluding carboxylic acids is 1. The number of halogens is 3. The van der Waals surface area contributed by atoms with Crippen molar-refractivity contribution in [2.75, 3.05) is 5.32 Å². The van der Waals surface area contributed by atoms with Gasteiger partial charge in [-0.2, -0.15) is 18.0 Å². The van der Waals surface area contributed by atoms with Gasteiger partial charge in [-0.1, -0.05) is 18.2 Å². The first kappa shape index (κ1) is 18.6. The lowest BCUT2D eigenvalue weighted by atomic mass is 10.1. The van der Waals surface area contributed by atoms with E-state index in [0.29, 0.717) is 5.69 Å². The van der Waals surface area contributed by atoms with Crippen molar-refractivity contribution in [2.24, 2.45) is 0 Å². The fourth-order valence-corrected chi connectivity index (χ4v) is 2.64. The summed E-state index contributed by atoms with van der Waals surface area (Å²) in [7, 11) is 0. The number of anilines is 1. The lowest BCUT2D eigenvalue weighted by molar-refractivity contribution is -0.137. The van der Waals surface area contributed by atoms with Crippen molar-refractivity contribution in [1.29, 1.82) is 0 Å². The second-order valence-corrected chi connectivity index (χ2v) is 6.15. The first-order chi connectivity index (χ1) is 12.7. The van der Waals surface area contributed by atoms with Gasteiger partial charge in [-0.25, -0.2) is 0 Å². The molecule has 3 rings (SSSR count). The zero-order valence-corrected chi connectivity index (χ0v) is 14.6. The number of aromatic nitrogens is 4. The van der Waals surface area contributed by atoms with Crippen LogP contribution in [-0.2, 0) is 17.5 Å². The number of carbonyl (C=O) groups is 1. The fourth-order valence-electron chi connectivity index (χ4n) is 2.64. The monoisotopic (exact) mass is 375 g/mol. The van der Waals surface area contributed by atoms with E-state index in [0.717, 1.165) is 28.1 Å². The van der Waals surface area contributed by atoms with Gasteiger partial charge in [-0.05, 0) is 54.5 Å². The molecule has 1 amide bonds. The fraction of sp³-hybridized carbons (Fsp3) is 0.222. The van der Waals surface area contributed by atoms with Crippen molar-refractivity contribution in [3.8, 4) is 11.4 Å². The molecule has 3 aromatic rings. The van der Waals surface area contributed by atoms with E-state index in [1.54, 1.807) is 0 Å². The predicted octanol–water partition coefficient (Wildman–Crippen LogP) is 3.61. The van der Waals surface area contributed by atoms with Crippen LogP contribution in [0.4, 0.5) is 18.9 Å². The Morgan fingerprint density at radius 1 is 1.11 bits per heavy atom. The predicted molar refractivity (Wildman–Crippen MR) is 92.8 cm³/mol. The van der Waals surface area contributed by atoms with Gasteiger partial charge in [0.1, 0.15) is 6.54 Å². The maximum absolute atomic E-state index is 12.8. The van der Waals surface area contributed by atoms with Gasteiger partial charge in [0, 0.05) is 11.3 Å². The molecule has 1 aromatic heterocycles. The number of nitrogens with one attached hydrogen (secondary N) is 1. The van der Waals surface area contributed by atoms with Crippen molar-refractivity contribution < 1.29 is 18.0 Å². The second kappa shape index (κ2) is 7.18. The molecule has 0 saturated heterocycles. The number of rotatable bonds is 4. The molecular formula is C18H16F3N5O. The maximum atomic E-state index is 12.8. The highest BCUT2D eigenvalue weighted by molar-refractivity contribution is 5.90. The molecule has 0 aliphatic carbocycles. The van der Waals surface area contributed by atoms with Gasteiger partial charge in [0.25, 0.3) is 0 Å². The third-order valence-corrected chi connectivity index (χ3v) is 3.69. The van der Waals surface area contributed by atoms with Crippen LogP contribution in [0.15, 0.2) is 42.5 Å². The molecule has 0 aliphatic rings. The number of aryl methyl sites for hydroxylation is 2. The first-order valence-electron chi connectivity index (χ1n) is 8.04. The van der Waals surface area contributed by atoms with Crippen LogP contribution >= 0.6 is 0 Å². The number of amides is 1. The third kappa shape index (κ3) is 4.69. The van der Waals surface area contributed by atoms with Gasteiger partial charge in [0.15, 0.2) is 0 Å². The highest BCUT2D eigenvalue weighted by atomic mass is 19.4. The van der Waals surface area contributed by atoms with E-state index in [9.17, 15) is 18.0 Å². The summed E-state index contributed by atoms with van der Waals surface area (Å²) in [6.07, 6.45) is -4.46. The van der Waals surface area contributed by atoms with Gasteiger partial charge in [-0.3, -0.25) is 4.79 Å². The van der Waals surface area contributed by atoms with Crippen LogP contribution < -0.4 is 5.32 Å². The van der Waals surface area contributed by atoms with Gasteiger partial charge in [0.05, 0.1) is 5.56 Å². The van der Waals surface area contributed by atoms with Crippen molar-refractivity contribution in [2.45, 2.75) is 26.6 Å². The average Bonchev–Trinajstić information content (AvgIpc) is 3.01. The summed E-state index contributed by atoms with van der Waals surface area (Å²) < 4.78 is 38.4. The molecule has 0 atom stereocenters. The standard InChI is InChI=1S/C18H16F3N5O/c1-11-6-12(2)8-15(7-11)22-16(27)10-26-24-17(23-25-26)13-4-3-5-14(9-13)18(19,20)21/h3-9H,10H2,1-2H3,(H,22,27). The molecular weight excluding hydrogens is 359 g/mol. The summed E-state index contributed by atoms with van der Waals surface area (Å²) >= 11 is 0. The lowest BCUT2D eigenvalue weighted by Gasteiger charge is -2.07. The minimum Gasteiger partial charge on any atom is -0.324 e. The molecule has 0 unspecified atom stereocenters. The molecule has 9 heteroatoms. The Labute approximate surface area is 153 Å². The maximum Gasteiger partial charge on any atom is 0.416 e. The summed E-state index contributed by atoms with van der Waals surface area (Å²) in [5.41, 5.74) is 2.04. The van der Waals surface area contributed by atoms with Crippen molar-refractivity contribution in [3.05, 3.63) is 59.2 Å². The minimum absolute atomic E-state index is 0.0142. The second-order valence-electron chi connectivity index (χ2n) is 6.15. The molecule has 1 heterocycles. The molecule has 27 heavy (non-hydrogen) atoms. The summed E-state index contributed by atoms with van der Waals surface area (Å²) in [6.45, 7) is 3.63. The SMILES string of the molecule is Cc1cc(C)cc(NC(=O)Cn2nnc(-c3cccc(C(F)(F)F)c3)n2)c1. The summed E-state index contributed by atoms with van der Waals surface area (Å²) in [5, 5.41) is 14.2. The van der Waals surface area contributed by atoms with Crippen molar-refractivity contribution in [3.63, 3.8) is 0 Å². The van der Waals surface area contributed by atoms with E-state index in [2.05, 4.69) is 20.7 Å². The van der Waals surface area contributed by atoms with E-state index >= 15 is 0 Å². The average molecular weight is 375 g/mol. The molecule has 1 N–H and O–H groups in total. The molecule has 0 saturated carbocycles. The smallest absolute Gasteiger partial charge is 0.324 e. The minimum atomic E-state index is -4.46. The summed E-state index contributed by atoms with van der Waals surface area (Å²) in [5.74, 6) is -0.353. The van der Waals surface area contributed by atoms with Crippen LogP contribution in [0.3, 0.4) is 0 Å². The third-order valence-electron chi connectivity index (χ3n) is 3.69. The van der Waals surface area contributed by atoms with Crippen molar-refractivity contribution in [1.82, 2.24) is 20.2 Å². The lowest BCUT2D eigenvalue weighted by Crippen LogP contribution is -2.20. The van der Waals surface area contributed by atoms with Crippen molar-refractivity contribution >= 4 is 11.6 Å². The zero-order valence-electron chi connectivity index (χ0n) is 14.6. The van der Waals surface area contributed by atoms with Crippen LogP contribution in [0.2, 0.25) is 0 Å². The van der Waals surface area contributed by atoms with Crippen LogP contribution in [0.1, 0.15) is 16.7 Å². The summed E-state index contributed by atoms with van der Waals surface area (Å²) in [6, 6.07) is 10.3. The highest BCUT2D eigenvalue weighted by Crippen LogP contribution is 2.31. The Kier molecular flexibility index (Phi) is 4.93. The van der Waals surface area contributed by atoms with Gasteiger partial charge >= 0.3 is 6.18 Å². The number of nitrogens with zero attached hydrogens (tertiary/aromatic N) is 4. The number of benzene rings is 2. The Bertz CT molecular complexity index is 961. The van der Waals surface area contributed by atoms with Gasteiger partial charge < -0.3 is 5.32 Å². The number of hydrogen-bond donors (Lipinski definition) is 1. The van der Waals surface area contributed by atoms with Crippen LogP contribution in [0, 0.1) is 13.8 Å². The van der Waals surface area contributed by atoms with Crippen LogP contribution in [-0.4, -0.2) is 26.1 Å². The van der Waals surface area contributed by atoms with E-state index in [-0.39, 0.29) is 23.8 Å². The van der Waals surface area contributed by atoms with E-state index in [1.807, 2.05) is 32.0 Å². The Hall–Kier alpha value is -3.23. The normalized spacial score (nSPS) is 11.4. The molecule has 0 bridgehead atoms. The zero-order chi connectivity index (χ0) is 19.6. The summed E-state index contributed by atoms with van der Waals surface area (Å²) in [4.78, 5) is 13.2. The molecule has 140 valence electrons. The Balaban J connectivity index is 1.72. The van der Waals surface area contributed by atoms with Gasteiger partial charge in [-0.15, -0.1) is 10.2 Å². The van der Waals surface area contributed by atoms with E-state index in [1.165, 1.54) is 12.1 Å². The van der Waals surface area contributed by atoms with Crippen LogP contribution in [0.5, 0.6) is 0 Å². The first-order valence-corrected chi connectivity index (χ1v) is 8.04. The number of alkyl halides is 3. The van der Waals surface area contributed by atoms with E-state index < -0.39 is 11.7 Å². The molecule has 0 radical (unpaired) electrons. The highest BCUT2D eigenvalue weighted by Gasteiger charge is 2.30. The number of hydrogen-bond acceptors (Lipinski definition) is 4. The Morgan fingerprint density at radius 2 is 1.81 bits per heavy atom. The van der Waals surface area contributed by atoms with Gasteiger partial charge in [0.2, 0.25) is 11.7 Å². The topological polar surface area (TPSA) is 72.7 Å². The van der Waals surface area contributed by atoms with Crippen LogP contribution in [0.25, 0.3) is 11.4 Å². The molecule has 0 fully saturated rings. The molecule has 2 aromatic carbocycles. The van der Waals surface area contributed by atoms with E-state index in [4.69, 9.17) is 0 Å². The number of tetrazole rings is 1. The molecule has 6 nitrogen and oxygen atoms in total. The Morgan fingerprint density at radius 3 is 2.48 bits per heavy atom. The largest absolute Gasteiger partial charge is 0.416 e.